The fourth-order valence-electron chi connectivity index (χ4n) is 3.82. The van der Waals surface area contributed by atoms with Crippen molar-refractivity contribution in [1.82, 2.24) is 10.2 Å². The van der Waals surface area contributed by atoms with Crippen LogP contribution in [0, 0.1) is 5.92 Å². The van der Waals surface area contributed by atoms with Crippen LogP contribution in [0.3, 0.4) is 0 Å². The average Bonchev–Trinajstić information content (AvgIpc) is 3.46. The standard InChI is InChI=1S/C24H29N3O2/c1-17(19-9-11-22(12-10-19)26-23(28)20-7-8-20)25-24(29)21-6-4-5-18(15-21)16-27-13-2-3-14-27/h4-6,9-12,15,17,20H,2-3,7-8,13-14,16H2,1H3,(H,25,29)(H,26,28). The molecule has 0 aromatic heterocycles. The Morgan fingerprint density at radius 1 is 1.07 bits per heavy atom. The van der Waals surface area contributed by atoms with Crippen molar-refractivity contribution in [3.63, 3.8) is 0 Å². The zero-order valence-electron chi connectivity index (χ0n) is 17.0. The second kappa shape index (κ2) is 8.78. The molecule has 1 atom stereocenters. The fourth-order valence-corrected chi connectivity index (χ4v) is 3.82. The number of carbonyl (C=O) groups is 2. The Kier molecular flexibility index (Phi) is 5.95. The van der Waals surface area contributed by atoms with E-state index >= 15 is 0 Å². The van der Waals surface area contributed by atoms with Gasteiger partial charge in [-0.25, -0.2) is 0 Å². The highest BCUT2D eigenvalue weighted by molar-refractivity contribution is 5.95. The molecule has 0 radical (unpaired) electrons. The molecular weight excluding hydrogens is 362 g/mol. The minimum atomic E-state index is -0.113. The summed E-state index contributed by atoms with van der Waals surface area (Å²) < 4.78 is 0. The predicted molar refractivity (Wildman–Crippen MR) is 115 cm³/mol. The maximum absolute atomic E-state index is 12.7. The van der Waals surface area contributed by atoms with Crippen LogP contribution >= 0.6 is 0 Å². The number of amides is 2. The third-order valence-corrected chi connectivity index (χ3v) is 5.77. The van der Waals surface area contributed by atoms with E-state index in [-0.39, 0.29) is 23.8 Å². The summed E-state index contributed by atoms with van der Waals surface area (Å²) >= 11 is 0. The van der Waals surface area contributed by atoms with E-state index in [9.17, 15) is 9.59 Å². The Bertz CT molecular complexity index is 868. The maximum atomic E-state index is 12.7. The monoisotopic (exact) mass is 391 g/mol. The fraction of sp³-hybridized carbons (Fsp3) is 0.417. The van der Waals surface area contributed by atoms with E-state index in [2.05, 4.69) is 21.6 Å². The highest BCUT2D eigenvalue weighted by Gasteiger charge is 2.29. The second-order valence-electron chi connectivity index (χ2n) is 8.26. The minimum Gasteiger partial charge on any atom is -0.346 e. The minimum absolute atomic E-state index is 0.0631. The lowest BCUT2D eigenvalue weighted by Gasteiger charge is -2.17. The first-order valence-corrected chi connectivity index (χ1v) is 10.6. The van der Waals surface area contributed by atoms with E-state index in [1.807, 2.05) is 49.4 Å². The number of nitrogens with zero attached hydrogens (tertiary/aromatic N) is 1. The first kappa shape index (κ1) is 19.6. The van der Waals surface area contributed by atoms with Gasteiger partial charge in [-0.05, 0) is 81.1 Å². The van der Waals surface area contributed by atoms with Gasteiger partial charge in [-0.15, -0.1) is 0 Å². The molecule has 5 heteroatoms. The van der Waals surface area contributed by atoms with Crippen LogP contribution in [-0.2, 0) is 11.3 Å². The molecule has 1 unspecified atom stereocenters. The van der Waals surface area contributed by atoms with E-state index in [1.165, 1.54) is 18.4 Å². The summed E-state index contributed by atoms with van der Waals surface area (Å²) in [6, 6.07) is 15.5. The SMILES string of the molecule is CC(NC(=O)c1cccc(CN2CCCC2)c1)c1ccc(NC(=O)C2CC2)cc1. The molecular formula is C24H29N3O2. The van der Waals surface area contributed by atoms with E-state index < -0.39 is 0 Å². The van der Waals surface area contributed by atoms with Crippen LogP contribution in [0.25, 0.3) is 0 Å². The Morgan fingerprint density at radius 3 is 2.48 bits per heavy atom. The maximum Gasteiger partial charge on any atom is 0.251 e. The number of carbonyl (C=O) groups excluding carboxylic acids is 2. The lowest BCUT2D eigenvalue weighted by molar-refractivity contribution is -0.117. The molecule has 2 amide bonds. The van der Waals surface area contributed by atoms with Crippen molar-refractivity contribution in [2.75, 3.05) is 18.4 Å². The molecule has 2 N–H and O–H groups in total. The van der Waals surface area contributed by atoms with Crippen LogP contribution in [0.15, 0.2) is 48.5 Å². The number of rotatable bonds is 7. The predicted octanol–water partition coefficient (Wildman–Crippen LogP) is 4.12. The number of hydrogen-bond acceptors (Lipinski definition) is 3. The third-order valence-electron chi connectivity index (χ3n) is 5.77. The zero-order chi connectivity index (χ0) is 20.2. The van der Waals surface area contributed by atoms with Crippen molar-refractivity contribution in [3.8, 4) is 0 Å². The molecule has 29 heavy (non-hydrogen) atoms. The van der Waals surface area contributed by atoms with Gasteiger partial charge in [0.1, 0.15) is 0 Å². The van der Waals surface area contributed by atoms with Crippen molar-refractivity contribution in [2.24, 2.45) is 5.92 Å². The smallest absolute Gasteiger partial charge is 0.251 e. The Hall–Kier alpha value is -2.66. The van der Waals surface area contributed by atoms with Gasteiger partial charge in [-0.2, -0.15) is 0 Å². The van der Waals surface area contributed by atoms with Crippen molar-refractivity contribution >= 4 is 17.5 Å². The van der Waals surface area contributed by atoms with Gasteiger partial charge in [0.25, 0.3) is 5.91 Å². The molecule has 5 nitrogen and oxygen atoms in total. The van der Waals surface area contributed by atoms with E-state index in [0.29, 0.717) is 5.56 Å². The van der Waals surface area contributed by atoms with Gasteiger partial charge < -0.3 is 10.6 Å². The average molecular weight is 392 g/mol. The van der Waals surface area contributed by atoms with Crippen LogP contribution < -0.4 is 10.6 Å². The summed E-state index contributed by atoms with van der Waals surface area (Å²) in [7, 11) is 0. The molecule has 152 valence electrons. The van der Waals surface area contributed by atoms with Gasteiger partial charge in [0.15, 0.2) is 0 Å². The Balaban J connectivity index is 1.34. The first-order chi connectivity index (χ1) is 14.1. The zero-order valence-corrected chi connectivity index (χ0v) is 17.0. The van der Waals surface area contributed by atoms with Crippen LogP contribution in [0.5, 0.6) is 0 Å². The third kappa shape index (κ3) is 5.24. The van der Waals surface area contributed by atoms with Gasteiger partial charge in [0.2, 0.25) is 5.91 Å². The summed E-state index contributed by atoms with van der Waals surface area (Å²) in [5, 5.41) is 6.02. The number of nitrogens with one attached hydrogen (secondary N) is 2. The van der Waals surface area contributed by atoms with Crippen molar-refractivity contribution in [1.29, 1.82) is 0 Å². The molecule has 0 bridgehead atoms. The summed E-state index contributed by atoms with van der Waals surface area (Å²) in [5.41, 5.74) is 3.69. The molecule has 1 saturated carbocycles. The van der Waals surface area contributed by atoms with Gasteiger partial charge in [-0.1, -0.05) is 24.3 Å². The second-order valence-corrected chi connectivity index (χ2v) is 8.26. The quantitative estimate of drug-likeness (QED) is 0.746. The molecule has 1 aliphatic carbocycles. The molecule has 2 fully saturated rings. The molecule has 1 saturated heterocycles. The number of benzene rings is 2. The molecule has 1 heterocycles. The van der Waals surface area contributed by atoms with E-state index in [1.54, 1.807) is 0 Å². The van der Waals surface area contributed by atoms with Crippen LogP contribution in [0.1, 0.15) is 60.1 Å². The summed E-state index contributed by atoms with van der Waals surface area (Å²) in [6.45, 7) is 5.17. The summed E-state index contributed by atoms with van der Waals surface area (Å²) in [4.78, 5) is 27.0. The van der Waals surface area contributed by atoms with Crippen molar-refractivity contribution in [2.45, 2.75) is 45.2 Å². The number of hydrogen-bond donors (Lipinski definition) is 2. The van der Waals surface area contributed by atoms with Crippen molar-refractivity contribution in [3.05, 3.63) is 65.2 Å². The van der Waals surface area contributed by atoms with Crippen LogP contribution in [0.4, 0.5) is 5.69 Å². The normalized spacial score (nSPS) is 17.7. The molecule has 0 spiro atoms. The first-order valence-electron chi connectivity index (χ1n) is 10.6. The Labute approximate surface area is 172 Å². The Morgan fingerprint density at radius 2 is 1.79 bits per heavy atom. The van der Waals surface area contributed by atoms with E-state index in [0.717, 1.165) is 43.7 Å². The van der Waals surface area contributed by atoms with Crippen LogP contribution in [-0.4, -0.2) is 29.8 Å². The van der Waals surface area contributed by atoms with Crippen molar-refractivity contribution < 1.29 is 9.59 Å². The highest BCUT2D eigenvalue weighted by Crippen LogP contribution is 2.30. The number of likely N-dealkylation sites (tertiary alicyclic amines) is 1. The van der Waals surface area contributed by atoms with E-state index in [4.69, 9.17) is 0 Å². The topological polar surface area (TPSA) is 61.4 Å². The van der Waals surface area contributed by atoms with Crippen LogP contribution in [0.2, 0.25) is 0 Å². The number of anilines is 1. The molecule has 2 aliphatic rings. The summed E-state index contributed by atoms with van der Waals surface area (Å²) in [5.74, 6) is 0.230. The summed E-state index contributed by atoms with van der Waals surface area (Å²) in [6.07, 6.45) is 4.51. The lowest BCUT2D eigenvalue weighted by atomic mass is 10.1. The molecule has 4 rings (SSSR count). The molecule has 1 aliphatic heterocycles. The molecule has 2 aromatic rings. The lowest BCUT2D eigenvalue weighted by Crippen LogP contribution is -2.27. The van der Waals surface area contributed by atoms with Gasteiger partial charge in [0.05, 0.1) is 6.04 Å². The highest BCUT2D eigenvalue weighted by atomic mass is 16.2. The van der Waals surface area contributed by atoms with Gasteiger partial charge in [0, 0.05) is 23.7 Å². The van der Waals surface area contributed by atoms with Gasteiger partial charge >= 0.3 is 0 Å². The van der Waals surface area contributed by atoms with Gasteiger partial charge in [-0.3, -0.25) is 14.5 Å². The molecule has 2 aromatic carbocycles. The largest absolute Gasteiger partial charge is 0.346 e.